The maximum Gasteiger partial charge on any atom is 0.407 e. The fourth-order valence-electron chi connectivity index (χ4n) is 1.36. The van der Waals surface area contributed by atoms with Gasteiger partial charge in [0.25, 0.3) is 0 Å². The summed E-state index contributed by atoms with van der Waals surface area (Å²) in [5.41, 5.74) is 1.55. The average Bonchev–Trinajstić information content (AvgIpc) is 2.20. The lowest BCUT2D eigenvalue weighted by Gasteiger charge is -2.15. The van der Waals surface area contributed by atoms with Crippen molar-refractivity contribution in [3.63, 3.8) is 0 Å². The zero-order valence-electron chi connectivity index (χ0n) is 8.81. The van der Waals surface area contributed by atoms with E-state index in [1.165, 1.54) is 7.05 Å². The zero-order valence-corrected chi connectivity index (χ0v) is 9.57. The topological polar surface area (TPSA) is 57.6 Å². The molecule has 1 aromatic rings. The van der Waals surface area contributed by atoms with E-state index in [4.69, 9.17) is 16.7 Å². The summed E-state index contributed by atoms with van der Waals surface area (Å²) in [6.45, 7) is 0.246. The molecule has 1 aromatic carbocycles. The number of carboxylic acid groups (broad SMARTS) is 1. The third-order valence-corrected chi connectivity index (χ3v) is 2.32. The monoisotopic (exact) mass is 241 g/mol. The predicted molar refractivity (Wildman–Crippen MR) is 60.5 cm³/mol. The minimum atomic E-state index is -1.01. The third-order valence-electron chi connectivity index (χ3n) is 2.18. The first kappa shape index (κ1) is 12.5. The number of rotatable bonds is 4. The standard InChI is InChI=1S/C11H12ClNO3/c1-13(11(15)16)7-9-5-3-2-4-8(9)6-10(12)14/h2-5H,6-7H2,1H3,(H,15,16). The van der Waals surface area contributed by atoms with E-state index in [1.54, 1.807) is 24.3 Å². The Balaban J connectivity index is 2.86. The summed E-state index contributed by atoms with van der Waals surface area (Å²) in [5, 5.41) is 8.30. The van der Waals surface area contributed by atoms with Gasteiger partial charge in [0.05, 0.1) is 0 Å². The molecule has 0 atom stereocenters. The summed E-state index contributed by atoms with van der Waals surface area (Å²) in [7, 11) is 1.47. The summed E-state index contributed by atoms with van der Waals surface area (Å²) < 4.78 is 0. The highest BCUT2D eigenvalue weighted by Gasteiger charge is 2.10. The van der Waals surface area contributed by atoms with Crippen molar-refractivity contribution < 1.29 is 14.7 Å². The highest BCUT2D eigenvalue weighted by Crippen LogP contribution is 2.13. The van der Waals surface area contributed by atoms with Crippen LogP contribution in [0.2, 0.25) is 0 Å². The second-order valence-electron chi connectivity index (χ2n) is 3.44. The molecule has 0 unspecified atom stereocenters. The number of amides is 1. The maximum atomic E-state index is 10.8. The van der Waals surface area contributed by atoms with Crippen LogP contribution in [0.5, 0.6) is 0 Å². The quantitative estimate of drug-likeness (QED) is 0.822. The summed E-state index contributed by atoms with van der Waals surface area (Å²) >= 11 is 5.31. The van der Waals surface area contributed by atoms with Crippen LogP contribution in [-0.2, 0) is 17.8 Å². The van der Waals surface area contributed by atoms with E-state index in [1.807, 2.05) is 0 Å². The lowest BCUT2D eigenvalue weighted by molar-refractivity contribution is -0.111. The van der Waals surface area contributed by atoms with Crippen LogP contribution in [0.15, 0.2) is 24.3 Å². The second kappa shape index (κ2) is 5.51. The molecule has 5 heteroatoms. The molecule has 0 spiro atoms. The molecule has 1 N–H and O–H groups in total. The molecule has 16 heavy (non-hydrogen) atoms. The van der Waals surface area contributed by atoms with Gasteiger partial charge in [-0.15, -0.1) is 0 Å². The smallest absolute Gasteiger partial charge is 0.407 e. The van der Waals surface area contributed by atoms with Gasteiger partial charge in [-0.2, -0.15) is 0 Å². The molecule has 1 amide bonds. The molecule has 0 heterocycles. The number of nitrogens with zero attached hydrogens (tertiary/aromatic N) is 1. The van der Waals surface area contributed by atoms with E-state index >= 15 is 0 Å². The molecule has 0 bridgehead atoms. The number of hydrogen-bond donors (Lipinski definition) is 1. The first-order valence-corrected chi connectivity index (χ1v) is 5.07. The lowest BCUT2D eigenvalue weighted by Crippen LogP contribution is -2.24. The van der Waals surface area contributed by atoms with Gasteiger partial charge in [-0.3, -0.25) is 4.79 Å². The molecule has 86 valence electrons. The van der Waals surface area contributed by atoms with Gasteiger partial charge in [0.2, 0.25) is 5.24 Å². The van der Waals surface area contributed by atoms with Crippen LogP contribution in [0.3, 0.4) is 0 Å². The van der Waals surface area contributed by atoms with Crippen molar-refractivity contribution in [3.8, 4) is 0 Å². The highest BCUT2D eigenvalue weighted by molar-refractivity contribution is 6.63. The fraction of sp³-hybridized carbons (Fsp3) is 0.273. The Kier molecular flexibility index (Phi) is 4.31. The zero-order chi connectivity index (χ0) is 12.1. The van der Waals surface area contributed by atoms with Gasteiger partial charge in [-0.25, -0.2) is 4.79 Å². The third kappa shape index (κ3) is 3.55. The summed E-state index contributed by atoms with van der Waals surface area (Å²) in [5.74, 6) is 0. The van der Waals surface area contributed by atoms with Gasteiger partial charge in [0, 0.05) is 20.0 Å². The van der Waals surface area contributed by atoms with Crippen molar-refractivity contribution in [3.05, 3.63) is 35.4 Å². The van der Waals surface area contributed by atoms with Crippen LogP contribution in [0, 0.1) is 0 Å². The van der Waals surface area contributed by atoms with E-state index in [0.29, 0.717) is 0 Å². The van der Waals surface area contributed by atoms with Crippen LogP contribution in [0.25, 0.3) is 0 Å². The first-order valence-electron chi connectivity index (χ1n) is 4.70. The molecular weight excluding hydrogens is 230 g/mol. The van der Waals surface area contributed by atoms with E-state index < -0.39 is 11.3 Å². The number of hydrogen-bond acceptors (Lipinski definition) is 2. The van der Waals surface area contributed by atoms with Crippen LogP contribution < -0.4 is 0 Å². The Morgan fingerprint density at radius 2 is 1.88 bits per heavy atom. The Morgan fingerprint density at radius 3 is 2.38 bits per heavy atom. The molecule has 0 aromatic heterocycles. The Bertz CT molecular complexity index is 406. The normalized spacial score (nSPS) is 9.88. The van der Waals surface area contributed by atoms with Gasteiger partial charge in [0.15, 0.2) is 0 Å². The Labute approximate surface area is 98.4 Å². The SMILES string of the molecule is CN(Cc1ccccc1CC(=O)Cl)C(=O)O. The van der Waals surface area contributed by atoms with E-state index in [0.717, 1.165) is 16.0 Å². The van der Waals surface area contributed by atoms with Crippen molar-refractivity contribution in [2.75, 3.05) is 7.05 Å². The molecule has 1 rings (SSSR count). The second-order valence-corrected chi connectivity index (χ2v) is 3.86. The van der Waals surface area contributed by atoms with Crippen molar-refractivity contribution in [1.82, 2.24) is 4.90 Å². The van der Waals surface area contributed by atoms with Crippen molar-refractivity contribution in [2.45, 2.75) is 13.0 Å². The predicted octanol–water partition coefficient (Wildman–Crippen LogP) is 2.10. The van der Waals surface area contributed by atoms with Crippen LogP contribution in [-0.4, -0.2) is 28.4 Å². The fourth-order valence-corrected chi connectivity index (χ4v) is 1.50. The largest absolute Gasteiger partial charge is 0.465 e. The van der Waals surface area contributed by atoms with Crippen molar-refractivity contribution >= 4 is 22.9 Å². The molecule has 0 saturated carbocycles. The van der Waals surface area contributed by atoms with Gasteiger partial charge < -0.3 is 10.0 Å². The van der Waals surface area contributed by atoms with Crippen LogP contribution in [0.4, 0.5) is 4.79 Å². The van der Waals surface area contributed by atoms with Gasteiger partial charge in [-0.1, -0.05) is 24.3 Å². The maximum absolute atomic E-state index is 10.8. The average molecular weight is 242 g/mol. The lowest BCUT2D eigenvalue weighted by atomic mass is 10.0. The van der Waals surface area contributed by atoms with Gasteiger partial charge >= 0.3 is 6.09 Å². The highest BCUT2D eigenvalue weighted by atomic mass is 35.5. The minimum absolute atomic E-state index is 0.116. The Morgan fingerprint density at radius 1 is 1.31 bits per heavy atom. The summed E-state index contributed by atoms with van der Waals surface area (Å²) in [6, 6.07) is 7.15. The first-order chi connectivity index (χ1) is 7.50. The van der Waals surface area contributed by atoms with Crippen molar-refractivity contribution in [1.29, 1.82) is 0 Å². The Hall–Kier alpha value is -1.55. The van der Waals surface area contributed by atoms with E-state index in [9.17, 15) is 9.59 Å². The van der Waals surface area contributed by atoms with Gasteiger partial charge in [-0.05, 0) is 22.7 Å². The number of benzene rings is 1. The number of halogens is 1. The van der Waals surface area contributed by atoms with E-state index in [2.05, 4.69) is 0 Å². The molecule has 0 aliphatic heterocycles. The summed E-state index contributed by atoms with van der Waals surface area (Å²) in [6.07, 6.45) is -0.891. The van der Waals surface area contributed by atoms with Crippen LogP contribution >= 0.6 is 11.6 Å². The van der Waals surface area contributed by atoms with E-state index in [-0.39, 0.29) is 13.0 Å². The molecular formula is C11H12ClNO3. The van der Waals surface area contributed by atoms with Crippen molar-refractivity contribution in [2.24, 2.45) is 0 Å². The molecule has 0 fully saturated rings. The molecule has 4 nitrogen and oxygen atoms in total. The van der Waals surface area contributed by atoms with Gasteiger partial charge in [0.1, 0.15) is 0 Å². The van der Waals surface area contributed by atoms with Crippen LogP contribution in [0.1, 0.15) is 11.1 Å². The number of carbonyl (C=O) groups excluding carboxylic acids is 1. The molecule has 0 saturated heterocycles. The molecule has 0 aliphatic rings. The summed E-state index contributed by atoms with van der Waals surface area (Å²) in [4.78, 5) is 22.6. The minimum Gasteiger partial charge on any atom is -0.465 e. The number of carbonyl (C=O) groups is 2. The molecule has 0 radical (unpaired) electrons. The molecule has 0 aliphatic carbocycles.